The van der Waals surface area contributed by atoms with E-state index in [1.807, 2.05) is 0 Å². The summed E-state index contributed by atoms with van der Waals surface area (Å²) in [4.78, 5) is 74.4. The summed E-state index contributed by atoms with van der Waals surface area (Å²) in [6, 6.07) is -0.0188. The average molecular weight is 615 g/mol. The Morgan fingerprint density at radius 2 is 1.93 bits per heavy atom. The van der Waals surface area contributed by atoms with E-state index in [1.165, 1.54) is 16.9 Å². The minimum Gasteiger partial charge on any atom is -0.472 e. The lowest BCUT2D eigenvalue weighted by molar-refractivity contribution is -0.150. The van der Waals surface area contributed by atoms with E-state index in [9.17, 15) is 24.0 Å². The normalized spacial score (nSPS) is 34.2. The van der Waals surface area contributed by atoms with Crippen molar-refractivity contribution in [2.24, 2.45) is 34.8 Å². The number of hydrogen-bond donors (Lipinski definition) is 3. The van der Waals surface area contributed by atoms with Gasteiger partial charge < -0.3 is 35.6 Å². The van der Waals surface area contributed by atoms with E-state index in [-0.39, 0.29) is 37.2 Å². The molecule has 6 rings (SSSR count). The minimum atomic E-state index is -1.62. The van der Waals surface area contributed by atoms with Crippen LogP contribution in [0.15, 0.2) is 12.1 Å². The van der Waals surface area contributed by atoms with Gasteiger partial charge in [0.25, 0.3) is 5.91 Å². The molecule has 2 saturated carbocycles. The number of pyridine rings is 1. The molecule has 2 saturated heterocycles. The number of primary amides is 1. The van der Waals surface area contributed by atoms with Crippen LogP contribution in [0.2, 0.25) is 0 Å². The van der Waals surface area contributed by atoms with E-state index in [0.29, 0.717) is 24.3 Å². The first-order chi connectivity index (χ1) is 20.6. The second-order valence-corrected chi connectivity index (χ2v) is 14.0. The Labute approximate surface area is 254 Å². The van der Waals surface area contributed by atoms with Crippen molar-refractivity contribution in [2.75, 3.05) is 25.5 Å². The van der Waals surface area contributed by atoms with Gasteiger partial charge in [-0.05, 0) is 61.0 Å². The number of nitrogens with two attached hydrogens (primary N) is 1. The maximum Gasteiger partial charge on any atom is 0.407 e. The number of likely N-dealkylation sites (tertiary alicyclic amines) is 2. The molecule has 4 fully saturated rings. The number of carbonyl (C=O) groups excluding carboxylic acids is 5. The molecule has 2 aliphatic carbocycles. The summed E-state index contributed by atoms with van der Waals surface area (Å²) in [6.07, 6.45) is -1.13. The number of amides is 5. The molecule has 5 aliphatic rings. The first-order valence-corrected chi connectivity index (χ1v) is 15.0. The van der Waals surface area contributed by atoms with Crippen LogP contribution in [0.4, 0.5) is 15.0 Å². The fourth-order valence-corrected chi connectivity index (χ4v) is 8.20. The number of alkyl carbamates (subject to hydrolysis) is 1. The molecular formula is C30H39FN6O7. The number of nitrogens with one attached hydrogen (secondary N) is 2. The van der Waals surface area contributed by atoms with E-state index < -0.39 is 76.9 Å². The monoisotopic (exact) mass is 614 g/mol. The lowest BCUT2D eigenvalue weighted by Gasteiger charge is -2.39. The highest BCUT2D eigenvalue weighted by Gasteiger charge is 2.65. The second kappa shape index (κ2) is 10.3. The van der Waals surface area contributed by atoms with Crippen molar-refractivity contribution in [3.05, 3.63) is 17.8 Å². The Hall–Kier alpha value is -3.97. The molecule has 2 bridgehead atoms. The van der Waals surface area contributed by atoms with Crippen molar-refractivity contribution >= 4 is 35.5 Å². The van der Waals surface area contributed by atoms with Gasteiger partial charge in [0.05, 0.1) is 13.7 Å². The molecule has 9 atom stereocenters. The number of alkyl halides is 1. The molecular weight excluding hydrogens is 575 g/mol. The highest BCUT2D eigenvalue weighted by Crippen LogP contribution is 2.59. The van der Waals surface area contributed by atoms with Crippen LogP contribution in [0, 0.1) is 36.0 Å². The number of fused-ring (bicyclic) bond motifs is 6. The SMILES string of the molecule is COC(=O)N[C@H](C(=O)N1C[C@@H]2[C@H]3C[C@@H]([C@@H]2[C@H]1C(=O)N1C[C@@]2(C[C@H]1C(N)=O)Oc1ccc(C)nc1NC2=O)[C@H](F)C3)C(C)(C)C. The molecule has 3 aliphatic heterocycles. The van der Waals surface area contributed by atoms with Gasteiger partial charge in [0, 0.05) is 18.7 Å². The number of hydrogen-bond acceptors (Lipinski definition) is 8. The highest BCUT2D eigenvalue weighted by molar-refractivity contribution is 6.03. The number of anilines is 1. The zero-order valence-electron chi connectivity index (χ0n) is 25.5. The molecule has 13 nitrogen and oxygen atoms in total. The number of aromatic nitrogens is 1. The van der Waals surface area contributed by atoms with E-state index in [4.69, 9.17) is 15.2 Å². The van der Waals surface area contributed by atoms with Gasteiger partial charge in [-0.1, -0.05) is 20.8 Å². The van der Waals surface area contributed by atoms with Crippen LogP contribution in [0.3, 0.4) is 0 Å². The van der Waals surface area contributed by atoms with E-state index in [2.05, 4.69) is 15.6 Å². The topological polar surface area (TPSA) is 173 Å². The van der Waals surface area contributed by atoms with E-state index >= 15 is 4.39 Å². The molecule has 238 valence electrons. The maximum absolute atomic E-state index is 15.2. The van der Waals surface area contributed by atoms with Crippen LogP contribution in [-0.2, 0) is 23.9 Å². The van der Waals surface area contributed by atoms with Gasteiger partial charge in [-0.15, -0.1) is 0 Å². The number of nitrogens with zero attached hydrogens (tertiary/aromatic N) is 3. The van der Waals surface area contributed by atoms with Crippen LogP contribution < -0.4 is 21.1 Å². The predicted octanol–water partition coefficient (Wildman–Crippen LogP) is 1.14. The summed E-state index contributed by atoms with van der Waals surface area (Å²) in [5.74, 6) is -3.01. The Balaban J connectivity index is 1.36. The Morgan fingerprint density at radius 1 is 1.20 bits per heavy atom. The summed E-state index contributed by atoms with van der Waals surface area (Å²) >= 11 is 0. The summed E-state index contributed by atoms with van der Waals surface area (Å²) in [5.41, 5.74) is 4.08. The summed E-state index contributed by atoms with van der Waals surface area (Å²) in [6.45, 7) is 7.01. The first kappa shape index (κ1) is 30.1. The van der Waals surface area contributed by atoms with Gasteiger partial charge in [-0.25, -0.2) is 14.2 Å². The van der Waals surface area contributed by atoms with Crippen molar-refractivity contribution < 1.29 is 37.8 Å². The number of aryl methyl sites for hydroxylation is 1. The predicted molar refractivity (Wildman–Crippen MR) is 153 cm³/mol. The Kier molecular flexibility index (Phi) is 7.04. The standard InChI is InChI=1S/C30H39FN6O7/c1-13-6-7-19-24(33-13)35-27(41)30(44-19)10-18(23(32)38)37(12-30)25(39)21-20-15-8-14(9-17(15)31)16(20)11-36(21)26(40)22(29(2,3)4)34-28(42)43-5/h6-7,14-18,20-22H,8-12H2,1-5H3,(H2,32,38)(H,34,42)(H,33,35,41)/t14-,15+,16+,17+,18-,20-,21-,22+,30+/m0/s1. The van der Waals surface area contributed by atoms with Crippen molar-refractivity contribution in [1.29, 1.82) is 0 Å². The molecule has 0 aromatic carbocycles. The lowest BCUT2D eigenvalue weighted by atomic mass is 9.77. The molecule has 1 aromatic rings. The third-order valence-electron chi connectivity index (χ3n) is 10.3. The van der Waals surface area contributed by atoms with Gasteiger partial charge in [0.15, 0.2) is 11.6 Å². The highest BCUT2D eigenvalue weighted by atomic mass is 19.1. The van der Waals surface area contributed by atoms with Gasteiger partial charge in [0.2, 0.25) is 23.3 Å². The maximum atomic E-state index is 15.2. The zero-order chi connectivity index (χ0) is 31.9. The number of halogens is 1. The minimum absolute atomic E-state index is 0.00604. The number of methoxy groups -OCH3 is 1. The summed E-state index contributed by atoms with van der Waals surface area (Å²) in [5, 5.41) is 5.35. The molecule has 44 heavy (non-hydrogen) atoms. The number of ether oxygens (including phenoxy) is 2. The Morgan fingerprint density at radius 3 is 2.59 bits per heavy atom. The van der Waals surface area contributed by atoms with Gasteiger partial charge in [0.1, 0.15) is 24.3 Å². The quantitative estimate of drug-likeness (QED) is 0.453. The summed E-state index contributed by atoms with van der Waals surface area (Å²) < 4.78 is 26.1. The largest absolute Gasteiger partial charge is 0.472 e. The van der Waals surface area contributed by atoms with Crippen LogP contribution >= 0.6 is 0 Å². The zero-order valence-corrected chi connectivity index (χ0v) is 25.5. The van der Waals surface area contributed by atoms with Crippen LogP contribution in [0.5, 0.6) is 5.75 Å². The first-order valence-electron chi connectivity index (χ1n) is 15.0. The molecule has 5 amide bonds. The van der Waals surface area contributed by atoms with E-state index in [0.717, 1.165) is 0 Å². The number of carbonyl (C=O) groups is 5. The van der Waals surface area contributed by atoms with Gasteiger partial charge >= 0.3 is 6.09 Å². The van der Waals surface area contributed by atoms with Crippen LogP contribution in [0.25, 0.3) is 0 Å². The molecule has 0 unspecified atom stereocenters. The average Bonchev–Trinajstić information content (AvgIpc) is 3.71. The molecule has 14 heteroatoms. The van der Waals surface area contributed by atoms with Gasteiger partial charge in [-0.2, -0.15) is 0 Å². The fraction of sp³-hybridized carbons (Fsp3) is 0.667. The lowest BCUT2D eigenvalue weighted by Crippen LogP contribution is -2.60. The molecule has 1 aromatic heterocycles. The Bertz CT molecular complexity index is 1430. The van der Waals surface area contributed by atoms with Crippen LogP contribution in [-0.4, -0.2) is 94.6 Å². The molecule has 4 heterocycles. The fourth-order valence-electron chi connectivity index (χ4n) is 8.20. The summed E-state index contributed by atoms with van der Waals surface area (Å²) in [7, 11) is 1.19. The second-order valence-electron chi connectivity index (χ2n) is 14.0. The van der Waals surface area contributed by atoms with Crippen molar-refractivity contribution in [1.82, 2.24) is 20.1 Å². The van der Waals surface area contributed by atoms with Gasteiger partial charge in [-0.3, -0.25) is 19.2 Å². The smallest absolute Gasteiger partial charge is 0.407 e. The molecule has 0 radical (unpaired) electrons. The van der Waals surface area contributed by atoms with Crippen LogP contribution in [0.1, 0.15) is 45.7 Å². The van der Waals surface area contributed by atoms with Crippen molar-refractivity contribution in [3.63, 3.8) is 0 Å². The third kappa shape index (κ3) is 4.64. The van der Waals surface area contributed by atoms with E-state index in [1.54, 1.807) is 39.8 Å². The number of rotatable bonds is 4. The van der Waals surface area contributed by atoms with Crippen molar-refractivity contribution in [2.45, 2.75) is 76.9 Å². The van der Waals surface area contributed by atoms with Crippen molar-refractivity contribution in [3.8, 4) is 5.75 Å². The molecule has 4 N–H and O–H groups in total. The molecule has 1 spiro atoms. The third-order valence-corrected chi connectivity index (χ3v) is 10.3.